The molecule has 0 fully saturated rings. The molecule has 0 aliphatic rings. The van der Waals surface area contributed by atoms with Gasteiger partial charge in [-0.05, 0) is 18.6 Å². The van der Waals surface area contributed by atoms with E-state index in [2.05, 4.69) is 15.9 Å². The van der Waals surface area contributed by atoms with E-state index < -0.39 is 4.92 Å². The highest BCUT2D eigenvalue weighted by molar-refractivity contribution is 9.10. The fraction of sp³-hybridized carbons (Fsp3) is 0.250. The minimum atomic E-state index is -0.419. The monoisotopic (exact) mass is 263 g/mol. The van der Waals surface area contributed by atoms with Gasteiger partial charge in [0.25, 0.3) is 5.69 Å². The molecule has 0 unspecified atom stereocenters. The van der Waals surface area contributed by atoms with Crippen molar-refractivity contribution in [2.75, 3.05) is 0 Å². The van der Waals surface area contributed by atoms with Crippen molar-refractivity contribution in [1.82, 2.24) is 0 Å². The largest absolute Gasteiger partial charge is 0.274 e. The Hall–Kier alpha value is -0.610. The number of nitro benzene ring substituents is 1. The van der Waals surface area contributed by atoms with Crippen LogP contribution in [0.4, 0.5) is 5.69 Å². The van der Waals surface area contributed by atoms with E-state index in [4.69, 9.17) is 11.6 Å². The molecular formula is C8H7BrClNO2. The predicted molar refractivity (Wildman–Crippen MR) is 55.1 cm³/mol. The number of hydrogen-bond donors (Lipinski definition) is 0. The molecule has 1 aromatic rings. The molecule has 0 spiro atoms. The number of alkyl halides is 1. The molecule has 5 heteroatoms. The zero-order valence-electron chi connectivity index (χ0n) is 6.88. The number of nitrogens with zero attached hydrogens (tertiary/aromatic N) is 1. The van der Waals surface area contributed by atoms with E-state index in [9.17, 15) is 10.1 Å². The Labute approximate surface area is 89.0 Å². The number of rotatable bonds is 2. The van der Waals surface area contributed by atoms with Crippen molar-refractivity contribution >= 4 is 33.2 Å². The van der Waals surface area contributed by atoms with Crippen molar-refractivity contribution in [3.63, 3.8) is 0 Å². The van der Waals surface area contributed by atoms with Gasteiger partial charge in [-0.1, -0.05) is 15.9 Å². The Morgan fingerprint density at radius 2 is 2.23 bits per heavy atom. The summed E-state index contributed by atoms with van der Waals surface area (Å²) in [4.78, 5) is 10.2. The van der Waals surface area contributed by atoms with Gasteiger partial charge in [-0.2, -0.15) is 0 Å². The van der Waals surface area contributed by atoms with E-state index in [-0.39, 0.29) is 11.6 Å². The summed E-state index contributed by atoms with van der Waals surface area (Å²) in [6.07, 6.45) is 0. The van der Waals surface area contributed by atoms with Crippen LogP contribution < -0.4 is 0 Å². The van der Waals surface area contributed by atoms with Crippen molar-refractivity contribution in [2.24, 2.45) is 0 Å². The summed E-state index contributed by atoms with van der Waals surface area (Å²) in [5.74, 6) is 0.154. The lowest BCUT2D eigenvalue weighted by Crippen LogP contribution is -1.96. The molecule has 0 saturated heterocycles. The highest BCUT2D eigenvalue weighted by Crippen LogP contribution is 2.29. The van der Waals surface area contributed by atoms with Crippen LogP contribution in [0.1, 0.15) is 11.1 Å². The van der Waals surface area contributed by atoms with Crippen molar-refractivity contribution in [1.29, 1.82) is 0 Å². The second kappa shape index (κ2) is 4.07. The first-order valence-corrected chi connectivity index (χ1v) is 4.89. The maximum Gasteiger partial charge on any atom is 0.274 e. The van der Waals surface area contributed by atoms with Gasteiger partial charge in [0.2, 0.25) is 0 Å². The normalized spacial score (nSPS) is 10.1. The summed E-state index contributed by atoms with van der Waals surface area (Å²) in [5, 5.41) is 10.6. The van der Waals surface area contributed by atoms with Crippen LogP contribution >= 0.6 is 27.5 Å². The van der Waals surface area contributed by atoms with Crippen LogP contribution in [0.5, 0.6) is 0 Å². The average Bonchev–Trinajstić information content (AvgIpc) is 2.09. The third-order valence-electron chi connectivity index (χ3n) is 1.84. The van der Waals surface area contributed by atoms with Crippen LogP contribution in [-0.4, -0.2) is 4.92 Å². The van der Waals surface area contributed by atoms with Gasteiger partial charge in [-0.25, -0.2) is 0 Å². The third-order valence-corrected chi connectivity index (χ3v) is 2.96. The van der Waals surface area contributed by atoms with E-state index >= 15 is 0 Å². The molecule has 1 rings (SSSR count). The molecule has 70 valence electrons. The maximum atomic E-state index is 10.6. The standard InChI is InChI=1S/C8H7BrClNO2/c1-5-6(4-10)8(11(12)13)3-2-7(5)9/h2-3H,4H2,1H3. The molecule has 0 N–H and O–H groups in total. The van der Waals surface area contributed by atoms with E-state index in [0.717, 1.165) is 10.0 Å². The minimum absolute atomic E-state index is 0.0794. The minimum Gasteiger partial charge on any atom is -0.258 e. The molecule has 0 aliphatic heterocycles. The first-order valence-electron chi connectivity index (χ1n) is 3.56. The molecule has 0 aromatic heterocycles. The Bertz CT molecular complexity index is 354. The molecule has 0 heterocycles. The van der Waals surface area contributed by atoms with Crippen LogP contribution in [0.15, 0.2) is 16.6 Å². The molecule has 0 bridgehead atoms. The van der Waals surface area contributed by atoms with E-state index in [0.29, 0.717) is 5.56 Å². The van der Waals surface area contributed by atoms with Crippen molar-refractivity contribution in [2.45, 2.75) is 12.8 Å². The molecule has 0 saturated carbocycles. The number of halogens is 2. The van der Waals surface area contributed by atoms with Gasteiger partial charge in [-0.3, -0.25) is 10.1 Å². The lowest BCUT2D eigenvalue weighted by molar-refractivity contribution is -0.385. The van der Waals surface area contributed by atoms with Crippen molar-refractivity contribution in [3.05, 3.63) is 37.8 Å². The van der Waals surface area contributed by atoms with Crippen LogP contribution in [0.2, 0.25) is 0 Å². The number of hydrogen-bond acceptors (Lipinski definition) is 2. The first-order chi connectivity index (χ1) is 6.07. The SMILES string of the molecule is Cc1c(Br)ccc([N+](=O)[O-])c1CCl. The van der Waals surface area contributed by atoms with Crippen molar-refractivity contribution in [3.8, 4) is 0 Å². The molecular weight excluding hydrogens is 257 g/mol. The predicted octanol–water partition coefficient (Wildman–Crippen LogP) is 3.40. The maximum absolute atomic E-state index is 10.6. The van der Waals surface area contributed by atoms with E-state index in [1.165, 1.54) is 6.07 Å². The summed E-state index contributed by atoms with van der Waals surface area (Å²) in [6.45, 7) is 1.80. The summed E-state index contributed by atoms with van der Waals surface area (Å²) in [7, 11) is 0. The van der Waals surface area contributed by atoms with E-state index in [1.54, 1.807) is 13.0 Å². The quantitative estimate of drug-likeness (QED) is 0.467. The Morgan fingerprint density at radius 3 is 2.69 bits per heavy atom. The molecule has 13 heavy (non-hydrogen) atoms. The van der Waals surface area contributed by atoms with E-state index in [1.807, 2.05) is 0 Å². The third kappa shape index (κ3) is 2.00. The summed E-state index contributed by atoms with van der Waals surface area (Å²) >= 11 is 8.92. The first kappa shape index (κ1) is 10.5. The summed E-state index contributed by atoms with van der Waals surface area (Å²) in [5.41, 5.74) is 1.47. The Morgan fingerprint density at radius 1 is 1.62 bits per heavy atom. The van der Waals surface area contributed by atoms with Gasteiger partial charge in [0.05, 0.1) is 10.8 Å². The lowest BCUT2D eigenvalue weighted by atomic mass is 10.1. The van der Waals surface area contributed by atoms with Gasteiger partial charge >= 0.3 is 0 Å². The number of benzene rings is 1. The van der Waals surface area contributed by atoms with Crippen LogP contribution in [-0.2, 0) is 5.88 Å². The van der Waals surface area contributed by atoms with Gasteiger partial charge in [0, 0.05) is 16.1 Å². The summed E-state index contributed by atoms with van der Waals surface area (Å²) in [6, 6.07) is 3.11. The topological polar surface area (TPSA) is 43.1 Å². The average molecular weight is 265 g/mol. The van der Waals surface area contributed by atoms with Gasteiger partial charge < -0.3 is 0 Å². The molecule has 0 aliphatic carbocycles. The van der Waals surface area contributed by atoms with Gasteiger partial charge in [-0.15, -0.1) is 11.6 Å². The number of nitro groups is 1. The second-order valence-electron chi connectivity index (χ2n) is 2.56. The molecule has 1 aromatic carbocycles. The highest BCUT2D eigenvalue weighted by Gasteiger charge is 2.16. The lowest BCUT2D eigenvalue weighted by Gasteiger charge is -2.04. The highest BCUT2D eigenvalue weighted by atomic mass is 79.9. The van der Waals surface area contributed by atoms with Gasteiger partial charge in [0.1, 0.15) is 0 Å². The fourth-order valence-corrected chi connectivity index (χ4v) is 1.76. The molecule has 0 radical (unpaired) electrons. The zero-order chi connectivity index (χ0) is 10.0. The van der Waals surface area contributed by atoms with Crippen molar-refractivity contribution < 1.29 is 4.92 Å². The fourth-order valence-electron chi connectivity index (χ4n) is 1.05. The zero-order valence-corrected chi connectivity index (χ0v) is 9.22. The van der Waals surface area contributed by atoms with Crippen LogP contribution in [0.25, 0.3) is 0 Å². The molecule has 0 atom stereocenters. The summed E-state index contributed by atoms with van der Waals surface area (Å²) < 4.78 is 0.841. The Balaban J connectivity index is 3.38. The molecule has 3 nitrogen and oxygen atoms in total. The van der Waals surface area contributed by atoms with Gasteiger partial charge in [0.15, 0.2) is 0 Å². The van der Waals surface area contributed by atoms with Crippen LogP contribution in [0, 0.1) is 17.0 Å². The molecule has 0 amide bonds. The second-order valence-corrected chi connectivity index (χ2v) is 3.68. The van der Waals surface area contributed by atoms with Crippen LogP contribution in [0.3, 0.4) is 0 Å². The Kier molecular flexibility index (Phi) is 3.27. The smallest absolute Gasteiger partial charge is 0.258 e.